The van der Waals surface area contributed by atoms with Gasteiger partial charge >= 0.3 is 0 Å². The van der Waals surface area contributed by atoms with E-state index in [1.165, 1.54) is 0 Å². The molecule has 64 valence electrons. The second-order valence-electron chi connectivity index (χ2n) is 3.64. The molecule has 2 nitrogen and oxygen atoms in total. The Morgan fingerprint density at radius 3 is 2.27 bits per heavy atom. The molecule has 1 aliphatic carbocycles. The molecule has 0 heterocycles. The smallest absolute Gasteiger partial charge is 0.135 e. The first-order chi connectivity index (χ1) is 5.06. The van der Waals surface area contributed by atoms with Crippen LogP contribution < -0.4 is 0 Å². The van der Waals surface area contributed by atoms with Crippen molar-refractivity contribution in [3.8, 4) is 0 Å². The highest BCUT2D eigenvalue weighted by molar-refractivity contribution is 5.79. The summed E-state index contributed by atoms with van der Waals surface area (Å²) in [6.07, 6.45) is 3.73. The summed E-state index contributed by atoms with van der Waals surface area (Å²) in [7, 11) is 0. The molecular weight excluding hydrogens is 140 g/mol. The Labute approximate surface area is 67.6 Å². The second kappa shape index (κ2) is 2.94. The van der Waals surface area contributed by atoms with Crippen LogP contribution in [0.3, 0.4) is 0 Å². The molecule has 2 heteroatoms. The minimum atomic E-state index is -0.675. The molecule has 1 saturated carbocycles. The number of hydrogen-bond acceptors (Lipinski definition) is 2. The van der Waals surface area contributed by atoms with E-state index in [4.69, 9.17) is 0 Å². The quantitative estimate of drug-likeness (QED) is 0.658. The van der Waals surface area contributed by atoms with Crippen LogP contribution in [0.25, 0.3) is 0 Å². The van der Waals surface area contributed by atoms with Crippen molar-refractivity contribution >= 4 is 5.78 Å². The summed E-state index contributed by atoms with van der Waals surface area (Å²) in [5.41, 5.74) is -0.675. The third-order valence-electron chi connectivity index (χ3n) is 2.89. The van der Waals surface area contributed by atoms with Gasteiger partial charge < -0.3 is 5.11 Å². The molecule has 0 aliphatic heterocycles. The summed E-state index contributed by atoms with van der Waals surface area (Å²) in [5.74, 6) is -0.0700. The Bertz CT molecular complexity index is 157. The van der Waals surface area contributed by atoms with E-state index < -0.39 is 5.60 Å². The van der Waals surface area contributed by atoms with Crippen molar-refractivity contribution in [1.29, 1.82) is 0 Å². The van der Waals surface area contributed by atoms with E-state index >= 15 is 0 Å². The van der Waals surface area contributed by atoms with E-state index in [1.54, 1.807) is 6.92 Å². The predicted molar refractivity (Wildman–Crippen MR) is 43.3 cm³/mol. The molecule has 1 fully saturated rings. The van der Waals surface area contributed by atoms with Gasteiger partial charge in [0.2, 0.25) is 0 Å². The molecule has 0 aromatic rings. The van der Waals surface area contributed by atoms with E-state index in [9.17, 15) is 9.90 Å². The number of rotatable bonds is 2. The largest absolute Gasteiger partial charge is 0.389 e. The van der Waals surface area contributed by atoms with Crippen LogP contribution in [0.2, 0.25) is 0 Å². The molecule has 0 bridgehead atoms. The van der Waals surface area contributed by atoms with E-state index in [0.29, 0.717) is 0 Å². The van der Waals surface area contributed by atoms with Crippen LogP contribution in [0.4, 0.5) is 0 Å². The molecule has 0 aromatic heterocycles. The van der Waals surface area contributed by atoms with Crippen molar-refractivity contribution < 1.29 is 9.90 Å². The van der Waals surface area contributed by atoms with Crippen LogP contribution in [-0.4, -0.2) is 16.5 Å². The van der Waals surface area contributed by atoms with Crippen LogP contribution in [-0.2, 0) is 4.79 Å². The lowest BCUT2D eigenvalue weighted by atomic mass is 9.85. The Morgan fingerprint density at radius 1 is 1.45 bits per heavy atom. The zero-order valence-electron chi connectivity index (χ0n) is 7.26. The van der Waals surface area contributed by atoms with Crippen molar-refractivity contribution in [2.75, 3.05) is 0 Å². The number of Topliss-reactive ketones (excluding diaryl/α,β-unsaturated/α-hetero) is 1. The van der Waals surface area contributed by atoms with Gasteiger partial charge in [-0.3, -0.25) is 4.79 Å². The lowest BCUT2D eigenvalue weighted by molar-refractivity contribution is -0.128. The molecule has 0 spiro atoms. The van der Waals surface area contributed by atoms with Crippen LogP contribution >= 0.6 is 0 Å². The summed E-state index contributed by atoms with van der Waals surface area (Å²) in [6.45, 7) is 3.38. The third-order valence-corrected chi connectivity index (χ3v) is 2.89. The highest BCUT2D eigenvalue weighted by Gasteiger charge is 2.38. The number of hydrogen-bond donors (Lipinski definition) is 1. The Balaban J connectivity index is 2.63. The summed E-state index contributed by atoms with van der Waals surface area (Å²) in [6, 6.07) is 0. The van der Waals surface area contributed by atoms with Crippen molar-refractivity contribution in [3.63, 3.8) is 0 Å². The summed E-state index contributed by atoms with van der Waals surface area (Å²) in [5, 5.41) is 9.91. The summed E-state index contributed by atoms with van der Waals surface area (Å²) >= 11 is 0. The monoisotopic (exact) mass is 156 g/mol. The first-order valence-electron chi connectivity index (χ1n) is 4.29. The molecule has 1 N–H and O–H groups in total. The van der Waals surface area contributed by atoms with Crippen molar-refractivity contribution in [2.24, 2.45) is 5.92 Å². The number of ketones is 1. The maximum atomic E-state index is 11.0. The fourth-order valence-corrected chi connectivity index (χ4v) is 1.80. The molecule has 11 heavy (non-hydrogen) atoms. The van der Waals surface area contributed by atoms with Crippen molar-refractivity contribution in [3.05, 3.63) is 0 Å². The minimum absolute atomic E-state index is 0.106. The molecular formula is C9H16O2. The minimum Gasteiger partial charge on any atom is -0.389 e. The van der Waals surface area contributed by atoms with Gasteiger partial charge in [0.1, 0.15) is 5.78 Å². The maximum absolute atomic E-state index is 11.0. The average molecular weight is 156 g/mol. The molecule has 0 saturated heterocycles. The van der Waals surface area contributed by atoms with E-state index in [2.05, 4.69) is 0 Å². The number of carbonyl (C=O) groups is 1. The van der Waals surface area contributed by atoms with Gasteiger partial charge in [-0.2, -0.15) is 0 Å². The van der Waals surface area contributed by atoms with Crippen molar-refractivity contribution in [2.45, 2.75) is 45.1 Å². The van der Waals surface area contributed by atoms with Crippen LogP contribution in [0, 0.1) is 5.92 Å². The maximum Gasteiger partial charge on any atom is 0.135 e. The topological polar surface area (TPSA) is 37.3 Å². The normalized spacial score (nSPS) is 25.0. The fourth-order valence-electron chi connectivity index (χ4n) is 1.80. The molecule has 0 aromatic carbocycles. The molecule has 0 unspecified atom stereocenters. The second-order valence-corrected chi connectivity index (χ2v) is 3.64. The van der Waals surface area contributed by atoms with Gasteiger partial charge in [0, 0.05) is 5.92 Å². The predicted octanol–water partition coefficient (Wildman–Crippen LogP) is 1.52. The van der Waals surface area contributed by atoms with Gasteiger partial charge in [0.15, 0.2) is 0 Å². The SMILES string of the molecule is CC(=O)[C@H](C)C1(O)CCCC1. The Kier molecular flexibility index (Phi) is 2.33. The zero-order chi connectivity index (χ0) is 8.48. The molecule has 1 rings (SSSR count). The van der Waals surface area contributed by atoms with Crippen LogP contribution in [0.1, 0.15) is 39.5 Å². The van der Waals surface area contributed by atoms with E-state index in [-0.39, 0.29) is 11.7 Å². The lowest BCUT2D eigenvalue weighted by Gasteiger charge is -2.27. The van der Waals surface area contributed by atoms with E-state index in [0.717, 1.165) is 25.7 Å². The van der Waals surface area contributed by atoms with Crippen LogP contribution in [0.5, 0.6) is 0 Å². The Morgan fingerprint density at radius 2 is 1.91 bits per heavy atom. The third kappa shape index (κ3) is 1.62. The van der Waals surface area contributed by atoms with Crippen molar-refractivity contribution in [1.82, 2.24) is 0 Å². The van der Waals surface area contributed by atoms with Gasteiger partial charge in [-0.25, -0.2) is 0 Å². The summed E-state index contributed by atoms with van der Waals surface area (Å²) in [4.78, 5) is 11.0. The fraction of sp³-hybridized carbons (Fsp3) is 0.889. The standard InChI is InChI=1S/C9H16O2/c1-7(8(2)10)9(11)5-3-4-6-9/h7,11H,3-6H2,1-2H3/t7-/m0/s1. The molecule has 1 atom stereocenters. The summed E-state index contributed by atoms with van der Waals surface area (Å²) < 4.78 is 0. The van der Waals surface area contributed by atoms with Gasteiger partial charge in [-0.15, -0.1) is 0 Å². The highest BCUT2D eigenvalue weighted by Crippen LogP contribution is 2.35. The lowest BCUT2D eigenvalue weighted by Crippen LogP contribution is -2.36. The van der Waals surface area contributed by atoms with Gasteiger partial charge in [0.05, 0.1) is 5.60 Å². The van der Waals surface area contributed by atoms with E-state index in [1.807, 2.05) is 6.92 Å². The molecule has 0 radical (unpaired) electrons. The molecule has 0 amide bonds. The molecule has 1 aliphatic rings. The first kappa shape index (κ1) is 8.72. The average Bonchev–Trinajstić information content (AvgIpc) is 2.35. The van der Waals surface area contributed by atoms with Gasteiger partial charge in [0.25, 0.3) is 0 Å². The highest BCUT2D eigenvalue weighted by atomic mass is 16.3. The number of carbonyl (C=O) groups excluding carboxylic acids is 1. The zero-order valence-corrected chi connectivity index (χ0v) is 7.26. The van der Waals surface area contributed by atoms with Crippen LogP contribution in [0.15, 0.2) is 0 Å². The first-order valence-corrected chi connectivity index (χ1v) is 4.29. The van der Waals surface area contributed by atoms with Gasteiger partial charge in [-0.1, -0.05) is 19.8 Å². The Hall–Kier alpha value is -0.370. The number of aliphatic hydroxyl groups is 1. The van der Waals surface area contributed by atoms with Gasteiger partial charge in [-0.05, 0) is 19.8 Å².